The maximum atomic E-state index is 12.4. The SMILES string of the molecule is CCc1ccc(-c2nc(C)c(C(=O)NCc3ccncc3)s2)cc1. The van der Waals surface area contributed by atoms with Crippen molar-refractivity contribution < 1.29 is 4.79 Å². The molecule has 2 heterocycles. The van der Waals surface area contributed by atoms with Gasteiger partial charge >= 0.3 is 0 Å². The number of carbonyl (C=O) groups excluding carboxylic acids is 1. The lowest BCUT2D eigenvalue weighted by molar-refractivity contribution is 0.0954. The van der Waals surface area contributed by atoms with Gasteiger partial charge in [0.15, 0.2) is 0 Å². The van der Waals surface area contributed by atoms with E-state index in [4.69, 9.17) is 0 Å². The minimum Gasteiger partial charge on any atom is -0.347 e. The molecule has 4 nitrogen and oxygen atoms in total. The average molecular weight is 337 g/mol. The molecule has 122 valence electrons. The lowest BCUT2D eigenvalue weighted by Gasteiger charge is -2.03. The summed E-state index contributed by atoms with van der Waals surface area (Å²) in [4.78, 5) is 21.6. The number of nitrogens with one attached hydrogen (secondary N) is 1. The zero-order chi connectivity index (χ0) is 16.9. The summed E-state index contributed by atoms with van der Waals surface area (Å²) in [6.07, 6.45) is 4.45. The summed E-state index contributed by atoms with van der Waals surface area (Å²) < 4.78 is 0. The van der Waals surface area contributed by atoms with Gasteiger partial charge in [0, 0.05) is 24.5 Å². The minimum atomic E-state index is -0.0850. The number of pyridine rings is 1. The van der Waals surface area contributed by atoms with Crippen LogP contribution in [0.3, 0.4) is 0 Å². The first-order valence-electron chi connectivity index (χ1n) is 7.91. The van der Waals surface area contributed by atoms with E-state index >= 15 is 0 Å². The van der Waals surface area contributed by atoms with Crippen LogP contribution in [0.2, 0.25) is 0 Å². The first-order valence-corrected chi connectivity index (χ1v) is 8.73. The van der Waals surface area contributed by atoms with E-state index in [1.54, 1.807) is 12.4 Å². The molecule has 24 heavy (non-hydrogen) atoms. The highest BCUT2D eigenvalue weighted by atomic mass is 32.1. The molecule has 0 saturated heterocycles. The van der Waals surface area contributed by atoms with E-state index in [0.717, 1.165) is 28.2 Å². The van der Waals surface area contributed by atoms with Crippen LogP contribution < -0.4 is 5.32 Å². The standard InChI is InChI=1S/C19H19N3OS/c1-3-14-4-6-16(7-5-14)19-22-13(2)17(24-19)18(23)21-12-15-8-10-20-11-9-15/h4-11H,3,12H2,1-2H3,(H,21,23). The number of hydrogen-bond acceptors (Lipinski definition) is 4. The van der Waals surface area contributed by atoms with Crippen molar-refractivity contribution in [1.82, 2.24) is 15.3 Å². The van der Waals surface area contributed by atoms with Crippen molar-refractivity contribution >= 4 is 17.2 Å². The summed E-state index contributed by atoms with van der Waals surface area (Å²) >= 11 is 1.43. The van der Waals surface area contributed by atoms with Crippen molar-refractivity contribution in [2.75, 3.05) is 0 Å². The molecule has 0 atom stereocenters. The zero-order valence-corrected chi connectivity index (χ0v) is 14.6. The number of hydrogen-bond donors (Lipinski definition) is 1. The molecule has 2 aromatic heterocycles. The van der Waals surface area contributed by atoms with Gasteiger partial charge in [0.2, 0.25) is 0 Å². The summed E-state index contributed by atoms with van der Waals surface area (Å²) in [5.41, 5.74) is 4.13. The maximum absolute atomic E-state index is 12.4. The average Bonchev–Trinajstić information content (AvgIpc) is 3.02. The van der Waals surface area contributed by atoms with E-state index in [2.05, 4.69) is 46.5 Å². The lowest BCUT2D eigenvalue weighted by Crippen LogP contribution is -2.22. The number of amides is 1. The van der Waals surface area contributed by atoms with Crippen LogP contribution in [0.25, 0.3) is 10.6 Å². The van der Waals surface area contributed by atoms with Crippen molar-refractivity contribution in [2.24, 2.45) is 0 Å². The Morgan fingerprint density at radius 1 is 1.08 bits per heavy atom. The van der Waals surface area contributed by atoms with Crippen molar-refractivity contribution in [2.45, 2.75) is 26.8 Å². The van der Waals surface area contributed by atoms with Gasteiger partial charge in [0.25, 0.3) is 5.91 Å². The van der Waals surface area contributed by atoms with E-state index < -0.39 is 0 Å². The third kappa shape index (κ3) is 3.68. The second kappa shape index (κ2) is 7.36. The second-order valence-corrected chi connectivity index (χ2v) is 6.52. The van der Waals surface area contributed by atoms with Crippen LogP contribution in [0.15, 0.2) is 48.8 Å². The number of rotatable bonds is 5. The molecular formula is C19H19N3OS. The zero-order valence-electron chi connectivity index (χ0n) is 13.7. The van der Waals surface area contributed by atoms with E-state index in [-0.39, 0.29) is 5.91 Å². The predicted octanol–water partition coefficient (Wildman–Crippen LogP) is 4.01. The molecule has 1 aromatic carbocycles. The van der Waals surface area contributed by atoms with Gasteiger partial charge in [-0.25, -0.2) is 4.98 Å². The molecule has 3 rings (SSSR count). The highest BCUT2D eigenvalue weighted by molar-refractivity contribution is 7.17. The second-order valence-electron chi connectivity index (χ2n) is 5.52. The number of carbonyl (C=O) groups is 1. The smallest absolute Gasteiger partial charge is 0.263 e. The first kappa shape index (κ1) is 16.3. The highest BCUT2D eigenvalue weighted by Crippen LogP contribution is 2.28. The number of benzene rings is 1. The van der Waals surface area contributed by atoms with Gasteiger partial charge in [-0.2, -0.15) is 0 Å². The van der Waals surface area contributed by atoms with E-state index in [9.17, 15) is 4.79 Å². The van der Waals surface area contributed by atoms with E-state index in [0.29, 0.717) is 11.4 Å². The summed E-state index contributed by atoms with van der Waals surface area (Å²) in [5, 5.41) is 3.82. The Labute approximate surface area is 145 Å². The van der Waals surface area contributed by atoms with Crippen LogP contribution in [0.5, 0.6) is 0 Å². The van der Waals surface area contributed by atoms with E-state index in [1.807, 2.05) is 19.1 Å². The van der Waals surface area contributed by atoms with Gasteiger partial charge in [-0.15, -0.1) is 11.3 Å². The maximum Gasteiger partial charge on any atom is 0.263 e. The molecule has 0 unspecified atom stereocenters. The number of aryl methyl sites for hydroxylation is 2. The molecule has 0 aliphatic rings. The molecule has 0 saturated carbocycles. The molecule has 0 bridgehead atoms. The Kier molecular flexibility index (Phi) is 5.01. The fourth-order valence-corrected chi connectivity index (χ4v) is 3.36. The topological polar surface area (TPSA) is 54.9 Å². The van der Waals surface area contributed by atoms with Gasteiger partial charge < -0.3 is 5.32 Å². The predicted molar refractivity (Wildman–Crippen MR) is 97.1 cm³/mol. The van der Waals surface area contributed by atoms with Crippen molar-refractivity contribution in [3.8, 4) is 10.6 Å². The van der Waals surface area contributed by atoms with Crippen LogP contribution in [0.4, 0.5) is 0 Å². The molecule has 1 amide bonds. The van der Waals surface area contributed by atoms with Crippen molar-refractivity contribution in [3.63, 3.8) is 0 Å². The van der Waals surface area contributed by atoms with Gasteiger partial charge in [0.05, 0.1) is 5.69 Å². The summed E-state index contributed by atoms with van der Waals surface area (Å²) in [6, 6.07) is 12.1. The van der Waals surface area contributed by atoms with Crippen molar-refractivity contribution in [3.05, 3.63) is 70.5 Å². The Morgan fingerprint density at radius 2 is 1.79 bits per heavy atom. The number of aromatic nitrogens is 2. The lowest BCUT2D eigenvalue weighted by atomic mass is 10.1. The highest BCUT2D eigenvalue weighted by Gasteiger charge is 2.16. The molecule has 1 N–H and O–H groups in total. The van der Waals surface area contributed by atoms with Gasteiger partial charge in [-0.05, 0) is 36.6 Å². The quantitative estimate of drug-likeness (QED) is 0.765. The fraction of sp³-hybridized carbons (Fsp3) is 0.211. The van der Waals surface area contributed by atoms with Gasteiger partial charge in [-0.3, -0.25) is 9.78 Å². The monoisotopic (exact) mass is 337 g/mol. The third-order valence-electron chi connectivity index (χ3n) is 3.81. The first-order chi connectivity index (χ1) is 11.7. The van der Waals surface area contributed by atoms with Crippen LogP contribution >= 0.6 is 11.3 Å². The van der Waals surface area contributed by atoms with Gasteiger partial charge in [-0.1, -0.05) is 31.2 Å². The normalized spacial score (nSPS) is 10.6. The third-order valence-corrected chi connectivity index (χ3v) is 5.02. The number of nitrogens with zero attached hydrogens (tertiary/aromatic N) is 2. The molecular weight excluding hydrogens is 318 g/mol. The summed E-state index contributed by atoms with van der Waals surface area (Å²) in [7, 11) is 0. The summed E-state index contributed by atoms with van der Waals surface area (Å²) in [5.74, 6) is -0.0850. The van der Waals surface area contributed by atoms with Crippen LogP contribution in [-0.2, 0) is 13.0 Å². The fourth-order valence-electron chi connectivity index (χ4n) is 2.38. The molecule has 0 fully saturated rings. The molecule has 0 aliphatic heterocycles. The Hall–Kier alpha value is -2.53. The largest absolute Gasteiger partial charge is 0.347 e. The van der Waals surface area contributed by atoms with Crippen LogP contribution in [0.1, 0.15) is 33.4 Å². The van der Waals surface area contributed by atoms with Gasteiger partial charge in [0.1, 0.15) is 9.88 Å². The molecule has 0 spiro atoms. The Balaban J connectivity index is 1.74. The Bertz CT molecular complexity index is 826. The molecule has 0 aliphatic carbocycles. The molecule has 0 radical (unpaired) electrons. The number of thiazole rings is 1. The van der Waals surface area contributed by atoms with Crippen LogP contribution in [0, 0.1) is 6.92 Å². The summed E-state index contributed by atoms with van der Waals surface area (Å²) in [6.45, 7) is 4.49. The van der Waals surface area contributed by atoms with Crippen molar-refractivity contribution in [1.29, 1.82) is 0 Å². The van der Waals surface area contributed by atoms with Crippen LogP contribution in [-0.4, -0.2) is 15.9 Å². The Morgan fingerprint density at radius 3 is 2.46 bits per heavy atom. The molecule has 3 aromatic rings. The minimum absolute atomic E-state index is 0.0850. The molecule has 5 heteroatoms. The van der Waals surface area contributed by atoms with E-state index in [1.165, 1.54) is 16.9 Å².